The number of nitrogens with zero attached hydrogens (tertiary/aromatic N) is 4. The lowest BCUT2D eigenvalue weighted by Gasteiger charge is -2.08. The van der Waals surface area contributed by atoms with Crippen LogP contribution in [-0.4, -0.2) is 19.6 Å². The molecule has 3 aromatic rings. The van der Waals surface area contributed by atoms with Gasteiger partial charge in [-0.15, -0.1) is 0 Å². The van der Waals surface area contributed by atoms with Crippen LogP contribution < -0.4 is 5.32 Å². The fourth-order valence-corrected chi connectivity index (χ4v) is 1.87. The molecule has 0 bridgehead atoms. The van der Waals surface area contributed by atoms with E-state index in [9.17, 15) is 4.39 Å². The van der Waals surface area contributed by atoms with Gasteiger partial charge in [-0.1, -0.05) is 17.7 Å². The number of halogens is 2. The SMILES string of the molecule is Cc1ccc(Nc2cc(Cl)nc3ncnn23)cc1F. The molecule has 19 heavy (non-hydrogen) atoms. The molecule has 1 N–H and O–H groups in total. The van der Waals surface area contributed by atoms with E-state index in [4.69, 9.17) is 11.6 Å². The fourth-order valence-electron chi connectivity index (χ4n) is 1.69. The number of rotatable bonds is 2. The third-order valence-electron chi connectivity index (χ3n) is 2.66. The second-order valence-corrected chi connectivity index (χ2v) is 4.41. The van der Waals surface area contributed by atoms with E-state index in [0.29, 0.717) is 22.8 Å². The number of benzene rings is 1. The first-order valence-corrected chi connectivity index (χ1v) is 5.91. The van der Waals surface area contributed by atoms with Gasteiger partial charge in [-0.05, 0) is 24.6 Å². The van der Waals surface area contributed by atoms with Crippen LogP contribution in [0.3, 0.4) is 0 Å². The lowest BCUT2D eigenvalue weighted by atomic mass is 10.2. The van der Waals surface area contributed by atoms with Gasteiger partial charge in [0.1, 0.15) is 23.1 Å². The molecular weight excluding hydrogens is 269 g/mol. The Morgan fingerprint density at radius 3 is 2.95 bits per heavy atom. The maximum atomic E-state index is 13.5. The summed E-state index contributed by atoms with van der Waals surface area (Å²) in [5.41, 5.74) is 1.19. The van der Waals surface area contributed by atoms with E-state index < -0.39 is 0 Å². The van der Waals surface area contributed by atoms with Gasteiger partial charge in [0, 0.05) is 11.8 Å². The Morgan fingerprint density at radius 2 is 2.16 bits per heavy atom. The van der Waals surface area contributed by atoms with E-state index in [0.717, 1.165) is 0 Å². The summed E-state index contributed by atoms with van der Waals surface area (Å²) in [7, 11) is 0. The molecule has 5 nitrogen and oxygen atoms in total. The Bertz CT molecular complexity index is 755. The normalized spacial score (nSPS) is 10.9. The number of aromatic nitrogens is 4. The molecule has 3 rings (SSSR count). The number of fused-ring (bicyclic) bond motifs is 1. The third kappa shape index (κ3) is 2.22. The molecule has 0 aliphatic heterocycles. The minimum atomic E-state index is -0.278. The zero-order valence-corrected chi connectivity index (χ0v) is 10.7. The van der Waals surface area contributed by atoms with Crippen molar-refractivity contribution in [2.75, 3.05) is 5.32 Å². The molecule has 0 radical (unpaired) electrons. The summed E-state index contributed by atoms with van der Waals surface area (Å²) in [6.07, 6.45) is 1.37. The molecule has 0 aliphatic rings. The van der Waals surface area contributed by atoms with Crippen molar-refractivity contribution in [3.63, 3.8) is 0 Å². The second-order valence-electron chi connectivity index (χ2n) is 4.02. The first-order valence-electron chi connectivity index (χ1n) is 5.53. The van der Waals surface area contributed by atoms with Gasteiger partial charge < -0.3 is 5.32 Å². The van der Waals surface area contributed by atoms with E-state index in [2.05, 4.69) is 20.4 Å². The molecule has 0 atom stereocenters. The van der Waals surface area contributed by atoms with Crippen LogP contribution in [-0.2, 0) is 0 Å². The smallest absolute Gasteiger partial charge is 0.255 e. The van der Waals surface area contributed by atoms with Crippen LogP contribution >= 0.6 is 11.6 Å². The van der Waals surface area contributed by atoms with Crippen LogP contribution in [0.5, 0.6) is 0 Å². The third-order valence-corrected chi connectivity index (χ3v) is 2.86. The van der Waals surface area contributed by atoms with Crippen LogP contribution in [0.4, 0.5) is 15.9 Å². The highest BCUT2D eigenvalue weighted by atomic mass is 35.5. The standard InChI is InChI=1S/C12H9ClFN5/c1-7-2-3-8(4-9(7)14)17-11-5-10(13)18-12-15-6-16-19(11)12/h2-6,17H,1H3. The maximum absolute atomic E-state index is 13.5. The quantitative estimate of drug-likeness (QED) is 0.732. The van der Waals surface area contributed by atoms with Crippen LogP contribution in [0.1, 0.15) is 5.56 Å². The van der Waals surface area contributed by atoms with Gasteiger partial charge in [-0.25, -0.2) is 4.39 Å². The monoisotopic (exact) mass is 277 g/mol. The molecule has 0 unspecified atom stereocenters. The number of anilines is 2. The Kier molecular flexibility index (Phi) is 2.79. The lowest BCUT2D eigenvalue weighted by molar-refractivity contribution is 0.619. The number of hydrogen-bond acceptors (Lipinski definition) is 4. The van der Waals surface area contributed by atoms with Crippen molar-refractivity contribution >= 4 is 28.9 Å². The van der Waals surface area contributed by atoms with Crippen LogP contribution in [0.15, 0.2) is 30.6 Å². The van der Waals surface area contributed by atoms with Crippen molar-refractivity contribution in [2.45, 2.75) is 6.92 Å². The summed E-state index contributed by atoms with van der Waals surface area (Å²) in [5, 5.41) is 7.35. The molecule has 1 aromatic carbocycles. The fraction of sp³-hybridized carbons (Fsp3) is 0.0833. The Hall–Kier alpha value is -2.21. The van der Waals surface area contributed by atoms with Gasteiger partial charge in [0.25, 0.3) is 5.78 Å². The maximum Gasteiger partial charge on any atom is 0.255 e. The molecule has 7 heteroatoms. The molecule has 2 heterocycles. The van der Waals surface area contributed by atoms with Gasteiger partial charge in [0.15, 0.2) is 0 Å². The van der Waals surface area contributed by atoms with Crippen molar-refractivity contribution in [3.05, 3.63) is 47.1 Å². The minimum absolute atomic E-state index is 0.278. The Balaban J connectivity index is 2.04. The van der Waals surface area contributed by atoms with Crippen molar-refractivity contribution < 1.29 is 4.39 Å². The average molecular weight is 278 g/mol. The van der Waals surface area contributed by atoms with E-state index in [1.165, 1.54) is 16.9 Å². The molecule has 0 amide bonds. The predicted molar refractivity (Wildman–Crippen MR) is 70.2 cm³/mol. The number of nitrogens with one attached hydrogen (secondary N) is 1. The molecule has 0 saturated heterocycles. The zero-order chi connectivity index (χ0) is 13.4. The average Bonchev–Trinajstić information content (AvgIpc) is 2.82. The summed E-state index contributed by atoms with van der Waals surface area (Å²) in [4.78, 5) is 7.97. The highest BCUT2D eigenvalue weighted by Gasteiger charge is 2.07. The molecule has 96 valence electrons. The second kappa shape index (κ2) is 4.47. The predicted octanol–water partition coefficient (Wildman–Crippen LogP) is 2.97. The van der Waals surface area contributed by atoms with E-state index in [1.54, 1.807) is 25.1 Å². The first kappa shape index (κ1) is 11.9. The van der Waals surface area contributed by atoms with Gasteiger partial charge in [0.2, 0.25) is 0 Å². The van der Waals surface area contributed by atoms with Crippen molar-refractivity contribution in [2.24, 2.45) is 0 Å². The molecule has 0 spiro atoms. The summed E-state index contributed by atoms with van der Waals surface area (Å²) < 4.78 is 15.0. The first-order chi connectivity index (χ1) is 9.13. The summed E-state index contributed by atoms with van der Waals surface area (Å²) in [5.74, 6) is 0.665. The Labute approximate surface area is 113 Å². The topological polar surface area (TPSA) is 55.1 Å². The van der Waals surface area contributed by atoms with E-state index >= 15 is 0 Å². The summed E-state index contributed by atoms with van der Waals surface area (Å²) >= 11 is 5.90. The van der Waals surface area contributed by atoms with Gasteiger partial charge in [0.05, 0.1) is 0 Å². The zero-order valence-electron chi connectivity index (χ0n) is 9.93. The summed E-state index contributed by atoms with van der Waals surface area (Å²) in [6, 6.07) is 6.47. The number of hydrogen-bond donors (Lipinski definition) is 1. The van der Waals surface area contributed by atoms with E-state index in [1.807, 2.05) is 0 Å². The molecule has 0 fully saturated rings. The van der Waals surface area contributed by atoms with Crippen molar-refractivity contribution in [3.8, 4) is 0 Å². The van der Waals surface area contributed by atoms with Crippen LogP contribution in [0.2, 0.25) is 5.15 Å². The largest absolute Gasteiger partial charge is 0.340 e. The summed E-state index contributed by atoms with van der Waals surface area (Å²) in [6.45, 7) is 1.71. The van der Waals surface area contributed by atoms with Gasteiger partial charge in [-0.2, -0.15) is 19.6 Å². The minimum Gasteiger partial charge on any atom is -0.340 e. The van der Waals surface area contributed by atoms with Gasteiger partial charge >= 0.3 is 0 Å². The highest BCUT2D eigenvalue weighted by Crippen LogP contribution is 2.21. The molecular formula is C12H9ClFN5. The van der Waals surface area contributed by atoms with Crippen LogP contribution in [0.25, 0.3) is 5.78 Å². The molecule has 0 saturated carbocycles. The van der Waals surface area contributed by atoms with E-state index in [-0.39, 0.29) is 11.0 Å². The van der Waals surface area contributed by atoms with Gasteiger partial charge in [-0.3, -0.25) is 0 Å². The lowest BCUT2D eigenvalue weighted by Crippen LogP contribution is -2.02. The molecule has 0 aliphatic carbocycles. The molecule has 2 aromatic heterocycles. The number of aryl methyl sites for hydroxylation is 1. The Morgan fingerprint density at radius 1 is 1.32 bits per heavy atom. The van der Waals surface area contributed by atoms with Crippen LogP contribution in [0, 0.1) is 12.7 Å². The van der Waals surface area contributed by atoms with Crippen molar-refractivity contribution in [1.29, 1.82) is 0 Å². The van der Waals surface area contributed by atoms with Crippen molar-refractivity contribution in [1.82, 2.24) is 19.6 Å². The highest BCUT2D eigenvalue weighted by molar-refractivity contribution is 6.29.